The van der Waals surface area contributed by atoms with Crippen LogP contribution in [0.1, 0.15) is 62.2 Å². The number of rotatable bonds is 4. The maximum Gasteiger partial charge on any atom is 0.162 e. The molecule has 0 heterocycles. The monoisotopic (exact) mass is 246 g/mol. The van der Waals surface area contributed by atoms with Gasteiger partial charge in [-0.1, -0.05) is 31.9 Å². The van der Waals surface area contributed by atoms with Gasteiger partial charge in [-0.25, -0.2) is 0 Å². The molecule has 0 atom stereocenters. The maximum absolute atomic E-state index is 11.7. The third kappa shape index (κ3) is 3.59. The van der Waals surface area contributed by atoms with Crippen molar-refractivity contribution in [3.8, 4) is 5.75 Å². The highest BCUT2D eigenvalue weighted by Gasteiger charge is 2.14. The fourth-order valence-corrected chi connectivity index (χ4v) is 2.50. The molecule has 0 aromatic heterocycles. The van der Waals surface area contributed by atoms with E-state index < -0.39 is 0 Å². The van der Waals surface area contributed by atoms with Crippen LogP contribution in [-0.4, -0.2) is 11.9 Å². The van der Waals surface area contributed by atoms with Crippen LogP contribution in [0.4, 0.5) is 0 Å². The van der Waals surface area contributed by atoms with Gasteiger partial charge in [-0.2, -0.15) is 0 Å². The maximum atomic E-state index is 11.7. The van der Waals surface area contributed by atoms with Gasteiger partial charge >= 0.3 is 0 Å². The summed E-state index contributed by atoms with van der Waals surface area (Å²) in [6, 6.07) is 7.62. The molecule has 0 bridgehead atoms. The number of ether oxygens (including phenoxy) is 1. The zero-order valence-electron chi connectivity index (χ0n) is 11.2. The molecule has 1 aliphatic carbocycles. The normalized spacial score (nSPS) is 17.2. The first-order chi connectivity index (χ1) is 8.79. The number of carbonyl (C=O) groups excluding carboxylic acids is 1. The van der Waals surface area contributed by atoms with Crippen molar-refractivity contribution in [1.82, 2.24) is 0 Å². The molecular weight excluding hydrogens is 224 g/mol. The van der Waals surface area contributed by atoms with Crippen molar-refractivity contribution < 1.29 is 9.53 Å². The van der Waals surface area contributed by atoms with Crippen molar-refractivity contribution in [3.05, 3.63) is 29.8 Å². The van der Waals surface area contributed by atoms with E-state index in [0.29, 0.717) is 12.5 Å². The highest BCUT2D eigenvalue weighted by Crippen LogP contribution is 2.23. The summed E-state index contributed by atoms with van der Waals surface area (Å²) in [5.74, 6) is 1.03. The SMILES string of the molecule is CCC(=O)c1cccc(OC2CCCCCC2)c1. The second kappa shape index (κ2) is 6.58. The predicted molar refractivity (Wildman–Crippen MR) is 73.2 cm³/mol. The van der Waals surface area contributed by atoms with Crippen LogP contribution in [0.2, 0.25) is 0 Å². The Bertz CT molecular complexity index is 390. The average molecular weight is 246 g/mol. The molecule has 0 aliphatic heterocycles. The molecule has 2 rings (SSSR count). The minimum atomic E-state index is 0.182. The topological polar surface area (TPSA) is 26.3 Å². The van der Waals surface area contributed by atoms with Gasteiger partial charge in [0.05, 0.1) is 6.10 Å². The first-order valence-corrected chi connectivity index (χ1v) is 7.09. The van der Waals surface area contributed by atoms with Crippen molar-refractivity contribution in [1.29, 1.82) is 0 Å². The molecule has 0 unspecified atom stereocenters. The number of ketones is 1. The molecule has 0 spiro atoms. The molecule has 1 aromatic rings. The number of Topliss-reactive ketones (excluding diaryl/α,β-unsaturated/α-hetero) is 1. The van der Waals surface area contributed by atoms with Crippen molar-refractivity contribution >= 4 is 5.78 Å². The van der Waals surface area contributed by atoms with Crippen molar-refractivity contribution in [2.45, 2.75) is 58.0 Å². The van der Waals surface area contributed by atoms with Gasteiger partial charge < -0.3 is 4.74 Å². The zero-order chi connectivity index (χ0) is 12.8. The third-order valence-electron chi connectivity index (χ3n) is 3.58. The summed E-state index contributed by atoms with van der Waals surface area (Å²) in [7, 11) is 0. The van der Waals surface area contributed by atoms with Crippen molar-refractivity contribution in [3.63, 3.8) is 0 Å². The average Bonchev–Trinajstić information content (AvgIpc) is 2.67. The predicted octanol–water partition coefficient (Wildman–Crippen LogP) is 4.38. The van der Waals surface area contributed by atoms with Crippen LogP contribution in [0.3, 0.4) is 0 Å². The third-order valence-corrected chi connectivity index (χ3v) is 3.58. The summed E-state index contributed by atoms with van der Waals surface area (Å²) in [5.41, 5.74) is 0.767. The van der Waals surface area contributed by atoms with Gasteiger partial charge in [-0.05, 0) is 37.8 Å². The molecule has 0 saturated heterocycles. The van der Waals surface area contributed by atoms with E-state index in [0.717, 1.165) is 24.2 Å². The number of hydrogen-bond donors (Lipinski definition) is 0. The minimum absolute atomic E-state index is 0.182. The molecule has 0 N–H and O–H groups in total. The van der Waals surface area contributed by atoms with Crippen molar-refractivity contribution in [2.75, 3.05) is 0 Å². The molecular formula is C16H22O2. The second-order valence-corrected chi connectivity index (χ2v) is 5.04. The van der Waals surface area contributed by atoms with E-state index in [4.69, 9.17) is 4.74 Å². The van der Waals surface area contributed by atoms with Gasteiger partial charge in [0, 0.05) is 12.0 Å². The summed E-state index contributed by atoms with van der Waals surface area (Å²) in [5, 5.41) is 0. The lowest BCUT2D eigenvalue weighted by Crippen LogP contribution is -2.15. The van der Waals surface area contributed by atoms with Gasteiger partial charge in [0.25, 0.3) is 0 Å². The quantitative estimate of drug-likeness (QED) is 0.582. The van der Waals surface area contributed by atoms with Gasteiger partial charge in [-0.15, -0.1) is 0 Å². The van der Waals surface area contributed by atoms with E-state index in [1.54, 1.807) is 0 Å². The Hall–Kier alpha value is -1.31. The van der Waals surface area contributed by atoms with E-state index in [2.05, 4.69) is 0 Å². The Balaban J connectivity index is 2.01. The van der Waals surface area contributed by atoms with Gasteiger partial charge in [0.15, 0.2) is 5.78 Å². The molecule has 2 heteroatoms. The lowest BCUT2D eigenvalue weighted by atomic mass is 10.1. The Labute approximate surface area is 109 Å². The molecule has 0 amide bonds. The fraction of sp³-hybridized carbons (Fsp3) is 0.562. The lowest BCUT2D eigenvalue weighted by molar-refractivity contribution is 0.0987. The first-order valence-electron chi connectivity index (χ1n) is 7.09. The molecule has 1 aromatic carbocycles. The lowest BCUT2D eigenvalue weighted by Gasteiger charge is -2.17. The van der Waals surface area contributed by atoms with E-state index >= 15 is 0 Å². The molecule has 1 saturated carbocycles. The Kier molecular flexibility index (Phi) is 4.80. The highest BCUT2D eigenvalue weighted by molar-refractivity contribution is 5.96. The summed E-state index contributed by atoms with van der Waals surface area (Å²) in [6.07, 6.45) is 8.35. The van der Waals surface area contributed by atoms with Gasteiger partial charge in [0.1, 0.15) is 5.75 Å². The largest absolute Gasteiger partial charge is 0.490 e. The van der Waals surface area contributed by atoms with E-state index in [-0.39, 0.29) is 5.78 Å². The van der Waals surface area contributed by atoms with Crippen molar-refractivity contribution in [2.24, 2.45) is 0 Å². The fourth-order valence-electron chi connectivity index (χ4n) is 2.50. The van der Waals surface area contributed by atoms with Gasteiger partial charge in [0.2, 0.25) is 0 Å². The Morgan fingerprint density at radius 3 is 2.61 bits per heavy atom. The zero-order valence-corrected chi connectivity index (χ0v) is 11.2. The van der Waals surface area contributed by atoms with Crippen LogP contribution in [-0.2, 0) is 0 Å². The van der Waals surface area contributed by atoms with Crippen LogP contribution in [0, 0.1) is 0 Å². The molecule has 98 valence electrons. The van der Waals surface area contributed by atoms with Crippen LogP contribution < -0.4 is 4.74 Å². The summed E-state index contributed by atoms with van der Waals surface area (Å²) in [4.78, 5) is 11.7. The number of hydrogen-bond acceptors (Lipinski definition) is 2. The highest BCUT2D eigenvalue weighted by atomic mass is 16.5. The van der Waals surface area contributed by atoms with Crippen LogP contribution in [0.25, 0.3) is 0 Å². The molecule has 2 nitrogen and oxygen atoms in total. The van der Waals surface area contributed by atoms with Gasteiger partial charge in [-0.3, -0.25) is 4.79 Å². The number of carbonyl (C=O) groups is 1. The van der Waals surface area contributed by atoms with Crippen LogP contribution in [0.5, 0.6) is 5.75 Å². The minimum Gasteiger partial charge on any atom is -0.490 e. The smallest absolute Gasteiger partial charge is 0.162 e. The first kappa shape index (κ1) is 13.1. The van der Waals surface area contributed by atoms with E-state index in [9.17, 15) is 4.79 Å². The summed E-state index contributed by atoms with van der Waals surface area (Å²) >= 11 is 0. The Morgan fingerprint density at radius 1 is 1.22 bits per heavy atom. The summed E-state index contributed by atoms with van der Waals surface area (Å²) in [6.45, 7) is 1.89. The molecule has 1 fully saturated rings. The number of benzene rings is 1. The van der Waals surface area contributed by atoms with E-state index in [1.165, 1.54) is 25.7 Å². The Morgan fingerprint density at radius 2 is 1.94 bits per heavy atom. The van der Waals surface area contributed by atoms with Crippen LogP contribution >= 0.6 is 0 Å². The molecule has 18 heavy (non-hydrogen) atoms. The molecule has 1 aliphatic rings. The van der Waals surface area contributed by atoms with Crippen LogP contribution in [0.15, 0.2) is 24.3 Å². The van der Waals surface area contributed by atoms with E-state index in [1.807, 2.05) is 31.2 Å². The second-order valence-electron chi connectivity index (χ2n) is 5.04. The summed E-state index contributed by atoms with van der Waals surface area (Å²) < 4.78 is 6.02. The standard InChI is InChI=1S/C16H22O2/c1-2-16(17)13-8-7-11-15(12-13)18-14-9-5-3-4-6-10-14/h7-8,11-12,14H,2-6,9-10H2,1H3. The molecule has 0 radical (unpaired) electrons.